The van der Waals surface area contributed by atoms with Gasteiger partial charge in [-0.1, -0.05) is 18.1 Å². The highest BCUT2D eigenvalue weighted by molar-refractivity contribution is 5.81. The van der Waals surface area contributed by atoms with Crippen LogP contribution < -0.4 is 5.32 Å². The van der Waals surface area contributed by atoms with Crippen molar-refractivity contribution in [2.75, 3.05) is 19.6 Å². The number of hydrogen-bond donors (Lipinski definition) is 1. The number of para-hydroxylation sites is 2. The number of likely N-dealkylation sites (tertiary alicyclic amines) is 1. The van der Waals surface area contributed by atoms with Crippen LogP contribution in [0.15, 0.2) is 28.7 Å². The number of amides is 1. The molecule has 0 spiro atoms. The number of nitrogens with zero attached hydrogens (tertiary/aromatic N) is 2. The maximum Gasteiger partial charge on any atom is 0.237 e. The number of terminal acetylenes is 1. The van der Waals surface area contributed by atoms with Crippen LogP contribution in [0.4, 0.5) is 0 Å². The SMILES string of the molecule is C#CCNC(=O)C(C)N1CCCC(c2nc3ccccc3o2)C1. The van der Waals surface area contributed by atoms with Crippen LogP contribution in [-0.4, -0.2) is 41.5 Å². The van der Waals surface area contributed by atoms with E-state index >= 15 is 0 Å². The number of aromatic nitrogens is 1. The Bertz CT molecular complexity index is 698. The standard InChI is InChI=1S/C18H21N3O2/c1-3-10-19-17(22)13(2)21-11-6-7-14(12-21)18-20-15-8-4-5-9-16(15)23-18/h1,4-5,8-9,13-14H,6-7,10-12H2,2H3,(H,19,22). The summed E-state index contributed by atoms with van der Waals surface area (Å²) in [4.78, 5) is 18.9. The molecule has 23 heavy (non-hydrogen) atoms. The molecule has 1 aromatic carbocycles. The lowest BCUT2D eigenvalue weighted by Gasteiger charge is -2.34. The molecule has 0 aliphatic carbocycles. The molecule has 120 valence electrons. The fraction of sp³-hybridized carbons (Fsp3) is 0.444. The van der Waals surface area contributed by atoms with Gasteiger partial charge in [-0.25, -0.2) is 4.98 Å². The number of carbonyl (C=O) groups excluding carboxylic acids is 1. The van der Waals surface area contributed by atoms with Crippen molar-refractivity contribution in [1.82, 2.24) is 15.2 Å². The Morgan fingerprint density at radius 2 is 2.39 bits per heavy atom. The summed E-state index contributed by atoms with van der Waals surface area (Å²) in [6.07, 6.45) is 7.25. The van der Waals surface area contributed by atoms with E-state index in [9.17, 15) is 4.79 Å². The Balaban J connectivity index is 1.70. The van der Waals surface area contributed by atoms with Crippen LogP contribution in [0.2, 0.25) is 0 Å². The van der Waals surface area contributed by atoms with E-state index in [0.717, 1.165) is 42.9 Å². The number of carbonyl (C=O) groups is 1. The second kappa shape index (κ2) is 6.84. The summed E-state index contributed by atoms with van der Waals surface area (Å²) in [7, 11) is 0. The van der Waals surface area contributed by atoms with Crippen molar-refractivity contribution in [2.24, 2.45) is 0 Å². The molecule has 0 radical (unpaired) electrons. The summed E-state index contributed by atoms with van der Waals surface area (Å²) in [5, 5.41) is 2.75. The minimum absolute atomic E-state index is 0.0267. The van der Waals surface area contributed by atoms with E-state index in [1.54, 1.807) is 0 Å². The molecule has 5 heteroatoms. The van der Waals surface area contributed by atoms with Crippen LogP contribution in [0, 0.1) is 12.3 Å². The van der Waals surface area contributed by atoms with Crippen LogP contribution in [0.25, 0.3) is 11.1 Å². The molecule has 1 aliphatic rings. The number of benzene rings is 1. The predicted molar refractivity (Wildman–Crippen MR) is 88.9 cm³/mol. The predicted octanol–water partition coefficient (Wildman–Crippen LogP) is 2.15. The summed E-state index contributed by atoms with van der Waals surface area (Å²) >= 11 is 0. The molecule has 5 nitrogen and oxygen atoms in total. The van der Waals surface area contributed by atoms with Gasteiger partial charge in [0.05, 0.1) is 12.6 Å². The van der Waals surface area contributed by atoms with Gasteiger partial charge in [-0.3, -0.25) is 9.69 Å². The van der Waals surface area contributed by atoms with E-state index in [4.69, 9.17) is 10.8 Å². The molecule has 1 saturated heterocycles. The summed E-state index contributed by atoms with van der Waals surface area (Å²) < 4.78 is 5.90. The van der Waals surface area contributed by atoms with Gasteiger partial charge in [0.15, 0.2) is 11.5 Å². The number of hydrogen-bond acceptors (Lipinski definition) is 4. The molecule has 1 amide bonds. The highest BCUT2D eigenvalue weighted by atomic mass is 16.3. The second-order valence-corrected chi connectivity index (χ2v) is 5.95. The van der Waals surface area contributed by atoms with Crippen molar-refractivity contribution < 1.29 is 9.21 Å². The minimum Gasteiger partial charge on any atom is -0.440 e. The lowest BCUT2D eigenvalue weighted by atomic mass is 9.96. The highest BCUT2D eigenvalue weighted by Crippen LogP contribution is 2.29. The third-order valence-electron chi connectivity index (χ3n) is 4.40. The van der Waals surface area contributed by atoms with E-state index in [-0.39, 0.29) is 24.4 Å². The van der Waals surface area contributed by atoms with Crippen molar-refractivity contribution in [3.8, 4) is 12.3 Å². The third kappa shape index (κ3) is 3.38. The molecule has 1 N–H and O–H groups in total. The van der Waals surface area contributed by atoms with Gasteiger partial charge >= 0.3 is 0 Å². The van der Waals surface area contributed by atoms with Crippen LogP contribution >= 0.6 is 0 Å². The molecule has 1 aliphatic heterocycles. The smallest absolute Gasteiger partial charge is 0.237 e. The Morgan fingerprint density at radius 1 is 1.57 bits per heavy atom. The van der Waals surface area contributed by atoms with Crippen LogP contribution in [0.1, 0.15) is 31.6 Å². The first-order valence-corrected chi connectivity index (χ1v) is 7.99. The van der Waals surface area contributed by atoms with Crippen molar-refractivity contribution >= 4 is 17.0 Å². The molecule has 2 heterocycles. The van der Waals surface area contributed by atoms with Crippen LogP contribution in [0.3, 0.4) is 0 Å². The zero-order chi connectivity index (χ0) is 16.2. The van der Waals surface area contributed by atoms with Gasteiger partial charge in [0.1, 0.15) is 5.52 Å². The molecule has 2 unspecified atom stereocenters. The van der Waals surface area contributed by atoms with Crippen molar-refractivity contribution in [1.29, 1.82) is 0 Å². The molecular weight excluding hydrogens is 290 g/mol. The highest BCUT2D eigenvalue weighted by Gasteiger charge is 2.30. The lowest BCUT2D eigenvalue weighted by molar-refractivity contribution is -0.126. The molecular formula is C18H21N3O2. The second-order valence-electron chi connectivity index (χ2n) is 5.95. The summed E-state index contributed by atoms with van der Waals surface area (Å²) in [5.74, 6) is 3.40. The Hall–Kier alpha value is -2.32. The van der Waals surface area contributed by atoms with Gasteiger partial charge in [0.25, 0.3) is 0 Å². The van der Waals surface area contributed by atoms with Crippen molar-refractivity contribution in [2.45, 2.75) is 31.7 Å². The topological polar surface area (TPSA) is 58.4 Å². The molecule has 2 atom stereocenters. The summed E-state index contributed by atoms with van der Waals surface area (Å²) in [5.41, 5.74) is 1.71. The maximum atomic E-state index is 12.1. The maximum absolute atomic E-state index is 12.1. The van der Waals surface area contributed by atoms with Gasteiger partial charge in [-0.2, -0.15) is 0 Å². The molecule has 1 fully saturated rings. The third-order valence-corrected chi connectivity index (χ3v) is 4.40. The number of oxazole rings is 1. The van der Waals surface area contributed by atoms with Crippen LogP contribution in [-0.2, 0) is 4.79 Å². The van der Waals surface area contributed by atoms with E-state index in [1.807, 2.05) is 31.2 Å². The number of rotatable bonds is 4. The van der Waals surface area contributed by atoms with E-state index in [0.29, 0.717) is 0 Å². The van der Waals surface area contributed by atoms with E-state index in [2.05, 4.69) is 21.1 Å². The zero-order valence-corrected chi connectivity index (χ0v) is 13.3. The first-order chi connectivity index (χ1) is 11.2. The molecule has 0 bridgehead atoms. The van der Waals surface area contributed by atoms with E-state index < -0.39 is 0 Å². The average molecular weight is 311 g/mol. The monoisotopic (exact) mass is 311 g/mol. The van der Waals surface area contributed by atoms with E-state index in [1.165, 1.54) is 0 Å². The number of nitrogens with one attached hydrogen (secondary N) is 1. The number of piperidine rings is 1. The van der Waals surface area contributed by atoms with Crippen LogP contribution in [0.5, 0.6) is 0 Å². The largest absolute Gasteiger partial charge is 0.440 e. The van der Waals surface area contributed by atoms with Gasteiger partial charge in [0.2, 0.25) is 5.91 Å². The zero-order valence-electron chi connectivity index (χ0n) is 13.3. The Labute approximate surface area is 136 Å². The molecule has 2 aromatic rings. The molecule has 0 saturated carbocycles. The minimum atomic E-state index is -0.199. The normalized spacial score (nSPS) is 20.1. The molecule has 1 aromatic heterocycles. The van der Waals surface area contributed by atoms with Gasteiger partial charge in [0, 0.05) is 12.5 Å². The summed E-state index contributed by atoms with van der Waals surface area (Å²) in [6, 6.07) is 7.60. The number of fused-ring (bicyclic) bond motifs is 1. The average Bonchev–Trinajstić information content (AvgIpc) is 3.03. The van der Waals surface area contributed by atoms with Gasteiger partial charge < -0.3 is 9.73 Å². The van der Waals surface area contributed by atoms with Gasteiger partial charge in [-0.15, -0.1) is 6.42 Å². The van der Waals surface area contributed by atoms with Crippen molar-refractivity contribution in [3.63, 3.8) is 0 Å². The summed E-state index contributed by atoms with van der Waals surface area (Å²) in [6.45, 7) is 3.87. The Kier molecular flexibility index (Phi) is 4.63. The van der Waals surface area contributed by atoms with Gasteiger partial charge in [-0.05, 0) is 38.4 Å². The fourth-order valence-corrected chi connectivity index (χ4v) is 3.08. The van der Waals surface area contributed by atoms with Crippen molar-refractivity contribution in [3.05, 3.63) is 30.2 Å². The Morgan fingerprint density at radius 3 is 3.17 bits per heavy atom. The quantitative estimate of drug-likeness (QED) is 0.879. The first kappa shape index (κ1) is 15.6. The first-order valence-electron chi connectivity index (χ1n) is 7.99. The lowest BCUT2D eigenvalue weighted by Crippen LogP contribution is -2.48. The fourth-order valence-electron chi connectivity index (χ4n) is 3.08. The molecule has 3 rings (SSSR count).